The minimum atomic E-state index is -0.837. The molecule has 0 saturated heterocycles. The van der Waals surface area contributed by atoms with Crippen molar-refractivity contribution in [3.63, 3.8) is 0 Å². The summed E-state index contributed by atoms with van der Waals surface area (Å²) >= 11 is -1.67. The van der Waals surface area contributed by atoms with Crippen LogP contribution in [0.3, 0.4) is 0 Å². The summed E-state index contributed by atoms with van der Waals surface area (Å²) in [4.78, 5) is 8.62. The third-order valence-corrected chi connectivity index (χ3v) is 7.41. The fourth-order valence-electron chi connectivity index (χ4n) is 2.23. The van der Waals surface area contributed by atoms with Crippen molar-refractivity contribution < 1.29 is 15.1 Å². The van der Waals surface area contributed by atoms with Crippen LogP contribution in [-0.2, 0) is 15.1 Å². The van der Waals surface area contributed by atoms with E-state index in [0.717, 1.165) is 11.5 Å². The van der Waals surface area contributed by atoms with Gasteiger partial charge >= 0.3 is 211 Å². The van der Waals surface area contributed by atoms with Crippen molar-refractivity contribution in [2.45, 2.75) is 95.3 Å². The van der Waals surface area contributed by atoms with E-state index in [9.17, 15) is 0 Å². The SMILES string of the molecule is CC(C)(C)/C1=C/N=CC(C(C)(C)C)[O][Ge][O]1.CC(C)(C)/C1=C/N=CC(C(C)(C)C)[O][Ge][O]1. The van der Waals surface area contributed by atoms with Gasteiger partial charge in [-0.3, -0.25) is 0 Å². The van der Waals surface area contributed by atoms with Crippen LogP contribution in [0.5, 0.6) is 0 Å². The van der Waals surface area contributed by atoms with Gasteiger partial charge in [-0.2, -0.15) is 0 Å². The maximum absolute atomic E-state index is 5.79. The van der Waals surface area contributed by atoms with E-state index < -0.39 is 32.2 Å². The average Bonchev–Trinajstić information content (AvgIpc) is 2.49. The normalized spacial score (nSPS) is 26.4. The first-order valence-corrected chi connectivity index (χ1v) is 14.5. The summed E-state index contributed by atoms with van der Waals surface area (Å²) in [6.45, 7) is 25.6. The Morgan fingerprint density at radius 1 is 0.594 bits per heavy atom. The average molecular weight is 568 g/mol. The Labute approximate surface area is 210 Å². The number of hydrogen-bond donors (Lipinski definition) is 0. The monoisotopic (exact) mass is 570 g/mol. The van der Waals surface area contributed by atoms with Gasteiger partial charge in [-0.15, -0.1) is 0 Å². The summed E-state index contributed by atoms with van der Waals surface area (Å²) < 4.78 is 23.0. The number of nitrogens with zero attached hydrogens (tertiary/aromatic N) is 2. The summed E-state index contributed by atoms with van der Waals surface area (Å²) in [5.74, 6) is 1.83. The Bertz CT molecular complexity index is 656. The molecule has 0 aromatic rings. The van der Waals surface area contributed by atoms with Gasteiger partial charge < -0.3 is 0 Å². The standard InChI is InChI=1S/2C12H21GeNO2/c2*1-11(2,3)9-7-14-8-10(12(4,5)6)16-13-15-9/h2*7-9H,1-6H3/b2*10-8-,14-7?. The second-order valence-electron chi connectivity index (χ2n) is 12.3. The topological polar surface area (TPSA) is 61.6 Å². The molecule has 2 rings (SSSR count). The van der Waals surface area contributed by atoms with Gasteiger partial charge in [0, 0.05) is 0 Å². The van der Waals surface area contributed by atoms with E-state index in [0.29, 0.717) is 0 Å². The molecule has 0 N–H and O–H groups in total. The second kappa shape index (κ2) is 11.7. The number of allylic oxidation sites excluding steroid dienone is 2. The van der Waals surface area contributed by atoms with E-state index in [1.807, 2.05) is 24.8 Å². The molecule has 0 fully saturated rings. The molecular formula is C24H42Ge2N2O4. The molecule has 0 aromatic heterocycles. The summed E-state index contributed by atoms with van der Waals surface area (Å²) in [5.41, 5.74) is 0.143. The summed E-state index contributed by atoms with van der Waals surface area (Å²) in [6.07, 6.45) is 7.51. The van der Waals surface area contributed by atoms with Crippen LogP contribution in [0.25, 0.3) is 0 Å². The van der Waals surface area contributed by atoms with Crippen molar-refractivity contribution >= 4 is 44.6 Å². The van der Waals surface area contributed by atoms with Gasteiger partial charge in [-0.1, -0.05) is 0 Å². The van der Waals surface area contributed by atoms with E-state index in [-0.39, 0.29) is 33.9 Å². The van der Waals surface area contributed by atoms with Gasteiger partial charge in [-0.25, -0.2) is 0 Å². The number of aliphatic imine (C=N–C) groups is 2. The second-order valence-corrected chi connectivity index (χ2v) is 14.8. The Morgan fingerprint density at radius 3 is 1.16 bits per heavy atom. The minimum absolute atomic E-state index is 0.00122. The summed E-state index contributed by atoms with van der Waals surface area (Å²) in [7, 11) is 0. The van der Waals surface area contributed by atoms with Crippen LogP contribution in [0.2, 0.25) is 0 Å². The Morgan fingerprint density at radius 2 is 0.906 bits per heavy atom. The van der Waals surface area contributed by atoms with Gasteiger partial charge in [0.1, 0.15) is 0 Å². The summed E-state index contributed by atoms with van der Waals surface area (Å²) in [6, 6.07) is 0. The molecule has 0 aliphatic carbocycles. The first-order chi connectivity index (χ1) is 14.4. The third kappa shape index (κ3) is 10.6. The van der Waals surface area contributed by atoms with Crippen LogP contribution in [0.1, 0.15) is 83.1 Å². The molecule has 0 spiro atoms. The van der Waals surface area contributed by atoms with Gasteiger partial charge in [0.05, 0.1) is 0 Å². The maximum atomic E-state index is 5.79. The molecule has 0 bridgehead atoms. The van der Waals surface area contributed by atoms with Crippen molar-refractivity contribution in [2.24, 2.45) is 31.6 Å². The molecule has 0 aromatic carbocycles. The van der Waals surface area contributed by atoms with Gasteiger partial charge in [0.2, 0.25) is 0 Å². The predicted octanol–water partition coefficient (Wildman–Crippen LogP) is 5.88. The molecule has 2 unspecified atom stereocenters. The molecule has 4 radical (unpaired) electrons. The van der Waals surface area contributed by atoms with Crippen LogP contribution in [-0.4, -0.2) is 56.8 Å². The van der Waals surface area contributed by atoms with Crippen LogP contribution in [0.4, 0.5) is 0 Å². The molecule has 32 heavy (non-hydrogen) atoms. The molecule has 2 heterocycles. The van der Waals surface area contributed by atoms with Crippen molar-refractivity contribution in [3.8, 4) is 0 Å². The van der Waals surface area contributed by atoms with Crippen LogP contribution < -0.4 is 0 Å². The zero-order chi connectivity index (χ0) is 24.8. The molecule has 2 atom stereocenters. The van der Waals surface area contributed by atoms with E-state index >= 15 is 0 Å². The quantitative estimate of drug-likeness (QED) is 0.343. The number of hydrogen-bond acceptors (Lipinski definition) is 6. The number of rotatable bonds is 0. The van der Waals surface area contributed by atoms with Crippen LogP contribution in [0, 0.1) is 21.7 Å². The Hall–Kier alpha value is -0.574. The molecule has 6 nitrogen and oxygen atoms in total. The van der Waals surface area contributed by atoms with Gasteiger partial charge in [0.15, 0.2) is 0 Å². The van der Waals surface area contributed by atoms with Crippen molar-refractivity contribution in [3.05, 3.63) is 23.9 Å². The molecule has 0 amide bonds. The zero-order valence-corrected chi connectivity index (χ0v) is 26.2. The molecular weight excluding hydrogens is 525 g/mol. The molecule has 180 valence electrons. The van der Waals surface area contributed by atoms with Crippen LogP contribution >= 0.6 is 0 Å². The molecule has 2 aliphatic heterocycles. The fraction of sp³-hybridized carbons (Fsp3) is 0.750. The van der Waals surface area contributed by atoms with Crippen LogP contribution in [0.15, 0.2) is 33.9 Å². The molecule has 2 aliphatic rings. The van der Waals surface area contributed by atoms with Crippen molar-refractivity contribution in [1.82, 2.24) is 0 Å². The van der Waals surface area contributed by atoms with E-state index in [4.69, 9.17) is 15.1 Å². The first-order valence-electron chi connectivity index (χ1n) is 11.1. The van der Waals surface area contributed by atoms with Gasteiger partial charge in [0.25, 0.3) is 0 Å². The Kier molecular flexibility index (Phi) is 10.8. The Balaban J connectivity index is 0.000000320. The van der Waals surface area contributed by atoms with Crippen molar-refractivity contribution in [1.29, 1.82) is 0 Å². The van der Waals surface area contributed by atoms with E-state index in [1.54, 1.807) is 0 Å². The zero-order valence-electron chi connectivity index (χ0n) is 22.0. The van der Waals surface area contributed by atoms with Gasteiger partial charge in [-0.05, 0) is 0 Å². The molecule has 0 saturated carbocycles. The van der Waals surface area contributed by atoms with E-state index in [1.165, 1.54) is 0 Å². The summed E-state index contributed by atoms with van der Waals surface area (Å²) in [5, 5.41) is 0. The van der Waals surface area contributed by atoms with E-state index in [2.05, 4.69) is 93.1 Å². The van der Waals surface area contributed by atoms with Crippen molar-refractivity contribution in [2.75, 3.05) is 0 Å². The first kappa shape index (κ1) is 29.5. The molecule has 8 heteroatoms. The third-order valence-electron chi connectivity index (χ3n) is 4.67. The fourth-order valence-corrected chi connectivity index (χ4v) is 6.49. The predicted molar refractivity (Wildman–Crippen MR) is 134 cm³/mol.